The zero-order valence-electron chi connectivity index (χ0n) is 15.9. The van der Waals surface area contributed by atoms with Gasteiger partial charge in [0.2, 0.25) is 0 Å². The number of hydrogen-bond acceptors (Lipinski definition) is 3. The molecule has 2 aromatic carbocycles. The van der Waals surface area contributed by atoms with Crippen molar-refractivity contribution in [3.05, 3.63) is 60.2 Å². The van der Waals surface area contributed by atoms with E-state index in [2.05, 4.69) is 0 Å². The lowest BCUT2D eigenvalue weighted by Gasteiger charge is -2.43. The third kappa shape index (κ3) is 3.72. The van der Waals surface area contributed by atoms with Crippen LogP contribution in [0, 0.1) is 5.41 Å². The fourth-order valence-electron chi connectivity index (χ4n) is 4.77. The van der Waals surface area contributed by atoms with E-state index >= 15 is 0 Å². The van der Waals surface area contributed by atoms with E-state index in [1.165, 1.54) is 6.42 Å². The van der Waals surface area contributed by atoms with Crippen LogP contribution in [0.4, 0.5) is 0 Å². The first-order chi connectivity index (χ1) is 13.2. The number of carbonyl (C=O) groups is 1. The maximum Gasteiger partial charge on any atom is 0.254 e. The molecule has 1 aliphatic carbocycles. The highest BCUT2D eigenvalue weighted by molar-refractivity contribution is 5.94. The van der Waals surface area contributed by atoms with Crippen LogP contribution in [0.25, 0.3) is 0 Å². The summed E-state index contributed by atoms with van der Waals surface area (Å²) in [6, 6.07) is 17.1. The van der Waals surface area contributed by atoms with Crippen molar-refractivity contribution in [2.24, 2.45) is 5.41 Å². The van der Waals surface area contributed by atoms with Gasteiger partial charge in [-0.3, -0.25) is 4.79 Å². The number of rotatable bonds is 4. The van der Waals surface area contributed by atoms with Crippen molar-refractivity contribution in [1.82, 2.24) is 4.90 Å². The molecule has 142 valence electrons. The van der Waals surface area contributed by atoms with Gasteiger partial charge in [-0.2, -0.15) is 0 Å². The monoisotopic (exact) mass is 365 g/mol. The summed E-state index contributed by atoms with van der Waals surface area (Å²) in [5.41, 5.74) is 0.827. The summed E-state index contributed by atoms with van der Waals surface area (Å²) in [7, 11) is 1.81. The number of piperidine rings is 1. The largest absolute Gasteiger partial charge is 0.457 e. The Morgan fingerprint density at radius 2 is 1.81 bits per heavy atom. The van der Waals surface area contributed by atoms with Gasteiger partial charge in [-0.25, -0.2) is 0 Å². The standard InChI is InChI=1S/C23H27NO3/c1-26-21-12-6-13-23(21)14-7-15-24(17-23)22(25)18-8-5-11-20(16-18)27-19-9-3-2-4-10-19/h2-5,8-11,16,21H,6-7,12-15,17H2,1H3/t21-,23-/m1/s1. The van der Waals surface area contributed by atoms with Crippen LogP contribution < -0.4 is 4.74 Å². The number of methoxy groups -OCH3 is 1. The summed E-state index contributed by atoms with van der Waals surface area (Å²) in [4.78, 5) is 15.2. The topological polar surface area (TPSA) is 38.8 Å². The molecular weight excluding hydrogens is 338 g/mol. The van der Waals surface area contributed by atoms with Gasteiger partial charge in [-0.1, -0.05) is 30.7 Å². The molecule has 1 saturated heterocycles. The van der Waals surface area contributed by atoms with E-state index in [4.69, 9.17) is 9.47 Å². The van der Waals surface area contributed by atoms with Crippen molar-refractivity contribution in [1.29, 1.82) is 0 Å². The highest BCUT2D eigenvalue weighted by Crippen LogP contribution is 2.46. The Balaban J connectivity index is 1.50. The van der Waals surface area contributed by atoms with Gasteiger partial charge in [0.15, 0.2) is 0 Å². The number of nitrogens with zero attached hydrogens (tertiary/aromatic N) is 1. The quantitative estimate of drug-likeness (QED) is 0.773. The van der Waals surface area contributed by atoms with E-state index < -0.39 is 0 Å². The van der Waals surface area contributed by atoms with Crippen LogP contribution in [0.2, 0.25) is 0 Å². The Morgan fingerprint density at radius 3 is 2.63 bits per heavy atom. The summed E-state index contributed by atoms with van der Waals surface area (Å²) in [5, 5.41) is 0. The van der Waals surface area contributed by atoms with E-state index in [1.807, 2.05) is 66.6 Å². The minimum atomic E-state index is 0.0920. The lowest BCUT2D eigenvalue weighted by molar-refractivity contribution is -0.0295. The predicted octanol–water partition coefficient (Wildman–Crippen LogP) is 4.90. The molecule has 0 radical (unpaired) electrons. The fraction of sp³-hybridized carbons (Fsp3) is 0.435. The molecule has 2 aliphatic rings. The first-order valence-electron chi connectivity index (χ1n) is 9.85. The second-order valence-corrected chi connectivity index (χ2v) is 7.75. The second-order valence-electron chi connectivity index (χ2n) is 7.75. The third-order valence-corrected chi connectivity index (χ3v) is 6.06. The Hall–Kier alpha value is -2.33. The van der Waals surface area contributed by atoms with Crippen molar-refractivity contribution in [3.63, 3.8) is 0 Å². The molecule has 2 fully saturated rings. The lowest BCUT2D eigenvalue weighted by Crippen LogP contribution is -2.49. The molecule has 2 atom stereocenters. The van der Waals surface area contributed by atoms with Gasteiger partial charge in [-0.15, -0.1) is 0 Å². The van der Waals surface area contributed by atoms with Gasteiger partial charge in [-0.05, 0) is 56.0 Å². The molecule has 1 heterocycles. The third-order valence-electron chi connectivity index (χ3n) is 6.06. The summed E-state index contributed by atoms with van der Waals surface area (Å²) in [6.07, 6.45) is 5.95. The average Bonchev–Trinajstić information content (AvgIpc) is 3.10. The van der Waals surface area contributed by atoms with Gasteiger partial charge in [0, 0.05) is 31.2 Å². The molecule has 4 nitrogen and oxygen atoms in total. The van der Waals surface area contributed by atoms with Crippen molar-refractivity contribution in [2.45, 2.75) is 38.2 Å². The van der Waals surface area contributed by atoms with Crippen LogP contribution in [0.15, 0.2) is 54.6 Å². The number of benzene rings is 2. The predicted molar refractivity (Wildman–Crippen MR) is 105 cm³/mol. The number of para-hydroxylation sites is 1. The van der Waals surface area contributed by atoms with Crippen LogP contribution >= 0.6 is 0 Å². The maximum atomic E-state index is 13.2. The van der Waals surface area contributed by atoms with E-state index in [9.17, 15) is 4.79 Å². The second kappa shape index (κ2) is 7.73. The molecule has 1 aliphatic heterocycles. The van der Waals surface area contributed by atoms with E-state index in [0.29, 0.717) is 11.3 Å². The molecule has 0 N–H and O–H groups in total. The summed E-state index contributed by atoms with van der Waals surface area (Å²) in [5.74, 6) is 1.55. The van der Waals surface area contributed by atoms with Crippen LogP contribution in [-0.4, -0.2) is 37.1 Å². The SMILES string of the molecule is CO[C@@H]1CCC[C@]12CCCN(C(=O)c1cccc(Oc3ccccc3)c1)C2. The van der Waals surface area contributed by atoms with Gasteiger partial charge < -0.3 is 14.4 Å². The Labute approximate surface area is 161 Å². The molecular formula is C23H27NO3. The number of ether oxygens (including phenoxy) is 2. The maximum absolute atomic E-state index is 13.2. The normalized spacial score (nSPS) is 24.9. The highest BCUT2D eigenvalue weighted by Gasteiger charge is 2.46. The van der Waals surface area contributed by atoms with Crippen LogP contribution in [0.3, 0.4) is 0 Å². The number of amides is 1. The Bertz CT molecular complexity index is 791. The van der Waals surface area contributed by atoms with Crippen LogP contribution in [-0.2, 0) is 4.74 Å². The van der Waals surface area contributed by atoms with Gasteiger partial charge in [0.05, 0.1) is 6.10 Å². The van der Waals surface area contributed by atoms with Crippen LogP contribution in [0.5, 0.6) is 11.5 Å². The first-order valence-corrected chi connectivity index (χ1v) is 9.85. The van der Waals surface area contributed by atoms with Crippen molar-refractivity contribution in [3.8, 4) is 11.5 Å². The van der Waals surface area contributed by atoms with E-state index in [1.54, 1.807) is 0 Å². The van der Waals surface area contributed by atoms with E-state index in [-0.39, 0.29) is 17.4 Å². The van der Waals surface area contributed by atoms with Crippen molar-refractivity contribution < 1.29 is 14.3 Å². The van der Waals surface area contributed by atoms with Gasteiger partial charge in [0.25, 0.3) is 5.91 Å². The molecule has 4 rings (SSSR count). The minimum absolute atomic E-state index is 0.0920. The number of hydrogen-bond donors (Lipinski definition) is 0. The highest BCUT2D eigenvalue weighted by atomic mass is 16.5. The molecule has 1 amide bonds. The fourth-order valence-corrected chi connectivity index (χ4v) is 4.77. The van der Waals surface area contributed by atoms with E-state index in [0.717, 1.165) is 44.5 Å². The Morgan fingerprint density at radius 1 is 1.04 bits per heavy atom. The molecule has 0 unspecified atom stereocenters. The number of likely N-dealkylation sites (tertiary alicyclic amines) is 1. The molecule has 1 spiro atoms. The molecule has 2 aromatic rings. The Kier molecular flexibility index (Phi) is 5.17. The summed E-state index contributed by atoms with van der Waals surface area (Å²) >= 11 is 0. The summed E-state index contributed by atoms with van der Waals surface area (Å²) in [6.45, 7) is 1.62. The number of carbonyl (C=O) groups excluding carboxylic acids is 1. The summed E-state index contributed by atoms with van der Waals surface area (Å²) < 4.78 is 11.7. The minimum Gasteiger partial charge on any atom is -0.457 e. The zero-order chi connectivity index (χ0) is 18.7. The molecule has 0 bridgehead atoms. The van der Waals surface area contributed by atoms with Crippen LogP contribution in [0.1, 0.15) is 42.5 Å². The lowest BCUT2D eigenvalue weighted by atomic mass is 9.76. The smallest absolute Gasteiger partial charge is 0.254 e. The van der Waals surface area contributed by atoms with Crippen molar-refractivity contribution >= 4 is 5.91 Å². The first kappa shape index (κ1) is 18.1. The molecule has 4 heteroatoms. The van der Waals surface area contributed by atoms with Crippen molar-refractivity contribution in [2.75, 3.05) is 20.2 Å². The molecule has 0 aromatic heterocycles. The van der Waals surface area contributed by atoms with Gasteiger partial charge >= 0.3 is 0 Å². The zero-order valence-corrected chi connectivity index (χ0v) is 15.9. The molecule has 1 saturated carbocycles. The van der Waals surface area contributed by atoms with Gasteiger partial charge in [0.1, 0.15) is 11.5 Å². The average molecular weight is 365 g/mol. The molecule has 27 heavy (non-hydrogen) atoms.